The van der Waals surface area contributed by atoms with Crippen LogP contribution in [-0.2, 0) is 17.6 Å². The second-order valence-corrected chi connectivity index (χ2v) is 7.99. The van der Waals surface area contributed by atoms with Gasteiger partial charge >= 0.3 is 0 Å². The lowest BCUT2D eigenvalue weighted by molar-refractivity contribution is 0.290. The minimum Gasteiger partial charge on any atom is -0.486 e. The van der Waals surface area contributed by atoms with Gasteiger partial charge in [0.15, 0.2) is 11.6 Å². The van der Waals surface area contributed by atoms with Crippen LogP contribution in [0.2, 0.25) is 0 Å². The molecule has 3 nitrogen and oxygen atoms in total. The van der Waals surface area contributed by atoms with E-state index >= 15 is 0 Å². The largest absolute Gasteiger partial charge is 0.486 e. The summed E-state index contributed by atoms with van der Waals surface area (Å²) in [7, 11) is -1.36. The number of hydrogen-bond acceptors (Lipinski definition) is 2. The molecule has 23 heavy (non-hydrogen) atoms. The highest BCUT2D eigenvalue weighted by atomic mass is 32.2. The molecule has 0 heterocycles. The fourth-order valence-corrected chi connectivity index (χ4v) is 2.25. The smallest absolute Gasteiger partial charge is 0.165 e. The number of rotatable bonds is 5. The number of hydrogen-bond donors (Lipinski definition) is 0. The van der Waals surface area contributed by atoms with E-state index in [1.54, 1.807) is 12.1 Å². The third-order valence-electron chi connectivity index (χ3n) is 3.01. The molecular weight excluding hydrogens is 313 g/mol. The van der Waals surface area contributed by atoms with Gasteiger partial charge in [-0.1, -0.05) is 30.3 Å². The van der Waals surface area contributed by atoms with Crippen LogP contribution in [0.5, 0.6) is 5.75 Å². The van der Waals surface area contributed by atoms with E-state index in [1.165, 1.54) is 12.3 Å². The lowest BCUT2D eigenvalue weighted by Gasteiger charge is -2.12. The van der Waals surface area contributed by atoms with Gasteiger partial charge in [0.2, 0.25) is 0 Å². The van der Waals surface area contributed by atoms with E-state index in [1.807, 2.05) is 51.1 Å². The second kappa shape index (κ2) is 7.51. The molecule has 0 radical (unpaired) electrons. The summed E-state index contributed by atoms with van der Waals surface area (Å²) in [6.45, 7) is 5.81. The lowest BCUT2D eigenvalue weighted by Crippen LogP contribution is -2.19. The molecule has 0 bridgehead atoms. The van der Waals surface area contributed by atoms with Gasteiger partial charge in [-0.25, -0.2) is 8.60 Å². The zero-order valence-electron chi connectivity index (χ0n) is 13.5. The summed E-state index contributed by atoms with van der Waals surface area (Å²) in [6.07, 6.45) is 1.42. The minimum absolute atomic E-state index is 0.183. The second-order valence-electron chi connectivity index (χ2n) is 6.06. The number of halogens is 1. The Labute approximate surface area is 138 Å². The van der Waals surface area contributed by atoms with Gasteiger partial charge in [-0.3, -0.25) is 0 Å². The quantitative estimate of drug-likeness (QED) is 0.766. The molecule has 0 aliphatic rings. The normalized spacial score (nSPS) is 13.2. The Hall–Kier alpha value is -2.01. The van der Waals surface area contributed by atoms with Crippen LogP contribution in [0.15, 0.2) is 52.9 Å². The van der Waals surface area contributed by atoms with Gasteiger partial charge in [0.25, 0.3) is 0 Å². The van der Waals surface area contributed by atoms with E-state index < -0.39 is 21.5 Å². The Bertz CT molecular complexity index is 709. The van der Waals surface area contributed by atoms with Crippen molar-refractivity contribution in [2.75, 3.05) is 0 Å². The van der Waals surface area contributed by atoms with Crippen molar-refractivity contribution in [3.8, 4) is 5.75 Å². The molecule has 5 heteroatoms. The third kappa shape index (κ3) is 5.28. The van der Waals surface area contributed by atoms with Crippen molar-refractivity contribution in [3.05, 3.63) is 65.5 Å². The number of ether oxygens (including phenoxy) is 1. The summed E-state index contributed by atoms with van der Waals surface area (Å²) < 4.78 is 34.9. The van der Waals surface area contributed by atoms with Crippen LogP contribution in [-0.4, -0.2) is 15.2 Å². The fourth-order valence-electron chi connectivity index (χ4n) is 1.72. The van der Waals surface area contributed by atoms with Crippen molar-refractivity contribution in [1.29, 1.82) is 0 Å². The van der Waals surface area contributed by atoms with Crippen LogP contribution in [0.3, 0.4) is 0 Å². The SMILES string of the molecule is CC(C)(C)S(=O)N=Cc1ccc(OCc2ccccc2)c(F)c1. The van der Waals surface area contributed by atoms with Crippen molar-refractivity contribution in [2.45, 2.75) is 32.1 Å². The Balaban J connectivity index is 2.03. The van der Waals surface area contributed by atoms with Gasteiger partial charge in [-0.15, -0.1) is 0 Å². The summed E-state index contributed by atoms with van der Waals surface area (Å²) in [5.74, 6) is -0.283. The lowest BCUT2D eigenvalue weighted by atomic mass is 10.2. The number of nitrogens with zero attached hydrogens (tertiary/aromatic N) is 1. The summed E-state index contributed by atoms with van der Waals surface area (Å²) in [5.41, 5.74) is 1.52. The molecule has 1 unspecified atom stereocenters. The molecule has 0 N–H and O–H groups in total. The summed E-state index contributed by atoms with van der Waals surface area (Å²) >= 11 is 0. The maximum atomic E-state index is 14.0. The first-order valence-electron chi connectivity index (χ1n) is 7.28. The maximum Gasteiger partial charge on any atom is 0.165 e. The molecule has 0 saturated heterocycles. The topological polar surface area (TPSA) is 38.7 Å². The third-order valence-corrected chi connectivity index (χ3v) is 4.36. The Kier molecular flexibility index (Phi) is 5.66. The van der Waals surface area contributed by atoms with E-state index in [4.69, 9.17) is 4.74 Å². The van der Waals surface area contributed by atoms with Gasteiger partial charge in [0.05, 0.1) is 4.75 Å². The Morgan fingerprint density at radius 2 is 1.87 bits per heavy atom. The molecule has 0 aliphatic carbocycles. The highest BCUT2D eigenvalue weighted by Gasteiger charge is 2.18. The molecule has 0 aliphatic heterocycles. The summed E-state index contributed by atoms with van der Waals surface area (Å²) in [6, 6.07) is 14.1. The monoisotopic (exact) mass is 333 g/mol. The van der Waals surface area contributed by atoms with Gasteiger partial charge in [0, 0.05) is 6.21 Å². The molecule has 1 atom stereocenters. The predicted octanol–water partition coefficient (Wildman–Crippen LogP) is 4.29. The molecule has 2 rings (SSSR count). The van der Waals surface area contributed by atoms with E-state index in [0.717, 1.165) is 5.56 Å². The van der Waals surface area contributed by atoms with Crippen LogP contribution in [0.1, 0.15) is 31.9 Å². The molecular formula is C18H20FNO2S. The summed E-state index contributed by atoms with van der Waals surface area (Å²) in [5, 5.41) is 0. The van der Waals surface area contributed by atoms with Crippen LogP contribution in [0, 0.1) is 5.82 Å². The molecule has 2 aromatic rings. The van der Waals surface area contributed by atoms with E-state index in [2.05, 4.69) is 4.40 Å². The Morgan fingerprint density at radius 1 is 1.17 bits per heavy atom. The first-order valence-corrected chi connectivity index (χ1v) is 8.39. The molecule has 0 saturated carbocycles. The first kappa shape index (κ1) is 17.3. The minimum atomic E-state index is -1.36. The van der Waals surface area contributed by atoms with Gasteiger partial charge in [0.1, 0.15) is 17.6 Å². The standard InChI is InChI=1S/C18H20FNO2S/c1-18(2,3)23(21)20-12-15-9-10-17(16(19)11-15)22-13-14-7-5-4-6-8-14/h4-12H,13H2,1-3H3. The molecule has 0 spiro atoms. The number of benzene rings is 2. The van der Waals surface area contributed by atoms with Crippen molar-refractivity contribution in [2.24, 2.45) is 4.40 Å². The highest BCUT2D eigenvalue weighted by molar-refractivity contribution is 7.85. The fraction of sp³-hybridized carbons (Fsp3) is 0.278. The zero-order chi connectivity index (χ0) is 16.9. The van der Waals surface area contributed by atoms with E-state index in [9.17, 15) is 8.60 Å². The molecule has 122 valence electrons. The molecule has 2 aromatic carbocycles. The van der Waals surface area contributed by atoms with Gasteiger partial charge in [-0.2, -0.15) is 4.40 Å². The van der Waals surface area contributed by atoms with Crippen LogP contribution in [0.4, 0.5) is 4.39 Å². The van der Waals surface area contributed by atoms with Crippen LogP contribution >= 0.6 is 0 Å². The van der Waals surface area contributed by atoms with Gasteiger partial charge in [-0.05, 0) is 50.1 Å². The molecule has 0 amide bonds. The predicted molar refractivity (Wildman–Crippen MR) is 92.7 cm³/mol. The summed E-state index contributed by atoms with van der Waals surface area (Å²) in [4.78, 5) is 0. The van der Waals surface area contributed by atoms with Crippen molar-refractivity contribution >= 4 is 17.2 Å². The average Bonchev–Trinajstić information content (AvgIpc) is 2.51. The molecule has 0 fully saturated rings. The van der Waals surface area contributed by atoms with Crippen LogP contribution < -0.4 is 4.74 Å². The highest BCUT2D eigenvalue weighted by Crippen LogP contribution is 2.19. The molecule has 0 aromatic heterocycles. The average molecular weight is 333 g/mol. The Morgan fingerprint density at radius 3 is 2.48 bits per heavy atom. The van der Waals surface area contributed by atoms with Crippen molar-refractivity contribution in [3.63, 3.8) is 0 Å². The van der Waals surface area contributed by atoms with E-state index in [-0.39, 0.29) is 5.75 Å². The zero-order valence-corrected chi connectivity index (χ0v) is 14.3. The van der Waals surface area contributed by atoms with Crippen molar-refractivity contribution in [1.82, 2.24) is 0 Å². The van der Waals surface area contributed by atoms with Crippen LogP contribution in [0.25, 0.3) is 0 Å². The van der Waals surface area contributed by atoms with Gasteiger partial charge < -0.3 is 4.74 Å². The van der Waals surface area contributed by atoms with E-state index in [0.29, 0.717) is 12.2 Å². The first-order chi connectivity index (χ1) is 10.9. The maximum absolute atomic E-state index is 14.0. The van der Waals surface area contributed by atoms with Crippen molar-refractivity contribution < 1.29 is 13.3 Å².